The molecule has 1 aromatic heterocycles. The lowest BCUT2D eigenvalue weighted by Crippen LogP contribution is -2.51. The second-order valence-electron chi connectivity index (χ2n) is 9.69. The van der Waals surface area contributed by atoms with Crippen LogP contribution in [0.2, 0.25) is 0 Å². The van der Waals surface area contributed by atoms with Crippen LogP contribution >= 0.6 is 0 Å². The van der Waals surface area contributed by atoms with Crippen LogP contribution < -0.4 is 25.0 Å². The Morgan fingerprint density at radius 1 is 1.08 bits per heavy atom. The molecule has 3 heterocycles. The Hall–Kier alpha value is -4.06. The van der Waals surface area contributed by atoms with E-state index < -0.39 is 17.8 Å². The van der Waals surface area contributed by atoms with Crippen molar-refractivity contribution in [2.45, 2.75) is 25.9 Å². The molecule has 1 fully saturated rings. The third kappa shape index (κ3) is 5.75. The predicted octanol–water partition coefficient (Wildman–Crippen LogP) is 4.40. The van der Waals surface area contributed by atoms with Crippen LogP contribution in [0.1, 0.15) is 24.2 Å². The van der Waals surface area contributed by atoms with Crippen molar-refractivity contribution in [2.75, 3.05) is 43.4 Å². The fourth-order valence-corrected chi connectivity index (χ4v) is 4.39. The molecule has 200 valence electrons. The normalized spacial score (nSPS) is 17.3. The fourth-order valence-electron chi connectivity index (χ4n) is 4.39. The van der Waals surface area contributed by atoms with Crippen LogP contribution in [0.5, 0.6) is 11.5 Å². The van der Waals surface area contributed by atoms with Gasteiger partial charge in [-0.25, -0.2) is 9.97 Å². The number of hydrogen-bond donors (Lipinski definition) is 2. The number of benzene rings is 2. The third-order valence-electron chi connectivity index (χ3n) is 6.26. The van der Waals surface area contributed by atoms with Crippen LogP contribution in [0.3, 0.4) is 0 Å². The monoisotopic (exact) mass is 528 g/mol. The number of likely N-dealkylation sites (N-methyl/N-ethyl adjacent to an activating group) is 1. The van der Waals surface area contributed by atoms with Gasteiger partial charge in [0.1, 0.15) is 5.75 Å². The number of carbonyl (C=O) groups is 1. The summed E-state index contributed by atoms with van der Waals surface area (Å²) in [7, 11) is 2.03. The zero-order chi connectivity index (χ0) is 27.1. The lowest BCUT2D eigenvalue weighted by atomic mass is 10.0. The first kappa shape index (κ1) is 25.6. The van der Waals surface area contributed by atoms with Gasteiger partial charge in [-0.15, -0.1) is 13.2 Å². The average molecular weight is 529 g/mol. The van der Waals surface area contributed by atoms with Crippen LogP contribution in [0.25, 0.3) is 11.3 Å². The summed E-state index contributed by atoms with van der Waals surface area (Å²) in [4.78, 5) is 25.5. The second-order valence-corrected chi connectivity index (χ2v) is 9.69. The quantitative estimate of drug-likeness (QED) is 0.504. The van der Waals surface area contributed by atoms with Gasteiger partial charge in [-0.05, 0) is 63.4 Å². The summed E-state index contributed by atoms with van der Waals surface area (Å²) in [5.41, 5.74) is 1.45. The molecule has 1 amide bonds. The SMILES string of the molecule is CN1CCN(c2ccc(OC(F)(F)F)c(Nc3nccc(-c4ccc5c(c4)C(=O)NC(C)(C)O5)n3)c2)CC1. The number of nitrogens with zero attached hydrogens (tertiary/aromatic N) is 4. The number of fused-ring (bicyclic) bond motifs is 1. The van der Waals surface area contributed by atoms with Gasteiger partial charge >= 0.3 is 6.36 Å². The van der Waals surface area contributed by atoms with Crippen LogP contribution in [-0.4, -0.2) is 66.1 Å². The molecule has 9 nitrogen and oxygen atoms in total. The summed E-state index contributed by atoms with van der Waals surface area (Å²) in [6.45, 7) is 6.67. The van der Waals surface area contributed by atoms with Crippen LogP contribution in [0.4, 0.5) is 30.5 Å². The molecule has 2 aliphatic heterocycles. The van der Waals surface area contributed by atoms with Crippen molar-refractivity contribution >= 4 is 23.2 Å². The summed E-state index contributed by atoms with van der Waals surface area (Å²) < 4.78 is 49.4. The van der Waals surface area contributed by atoms with Crippen molar-refractivity contribution in [3.63, 3.8) is 0 Å². The molecule has 12 heteroatoms. The van der Waals surface area contributed by atoms with Gasteiger partial charge in [0.15, 0.2) is 11.5 Å². The van der Waals surface area contributed by atoms with E-state index in [1.165, 1.54) is 12.3 Å². The van der Waals surface area contributed by atoms with Gasteiger partial charge in [-0.1, -0.05) is 0 Å². The summed E-state index contributed by atoms with van der Waals surface area (Å²) in [6.07, 6.45) is -3.38. The number of anilines is 3. The molecule has 2 aromatic carbocycles. The Labute approximate surface area is 217 Å². The van der Waals surface area contributed by atoms with Gasteiger partial charge in [0.25, 0.3) is 5.91 Å². The molecule has 0 unspecified atom stereocenters. The minimum absolute atomic E-state index is 0.0737. The van der Waals surface area contributed by atoms with E-state index in [4.69, 9.17) is 4.74 Å². The molecule has 0 radical (unpaired) electrons. The van der Waals surface area contributed by atoms with E-state index in [0.717, 1.165) is 31.9 Å². The lowest BCUT2D eigenvalue weighted by Gasteiger charge is -2.34. The topological polar surface area (TPSA) is 91.9 Å². The molecule has 0 spiro atoms. The molecule has 0 saturated carbocycles. The number of aromatic nitrogens is 2. The molecule has 2 aliphatic rings. The van der Waals surface area contributed by atoms with E-state index in [2.05, 4.69) is 35.1 Å². The highest BCUT2D eigenvalue weighted by molar-refractivity contribution is 5.99. The Balaban J connectivity index is 1.44. The standard InChI is InChI=1S/C26H27F3N6O3/c1-25(2)33-23(36)18-14-16(4-6-21(18)37-25)19-8-9-30-24(31-19)32-20-15-17(35-12-10-34(3)11-13-35)5-7-22(20)38-26(27,28)29/h4-9,14-15H,10-13H2,1-3H3,(H,33,36)(H,30,31,32). The number of amides is 1. The molecule has 0 atom stereocenters. The lowest BCUT2D eigenvalue weighted by molar-refractivity contribution is -0.274. The highest BCUT2D eigenvalue weighted by atomic mass is 19.4. The average Bonchev–Trinajstić information content (AvgIpc) is 2.84. The van der Waals surface area contributed by atoms with Crippen molar-refractivity contribution < 1.29 is 27.4 Å². The van der Waals surface area contributed by atoms with E-state index in [1.807, 2.05) is 7.05 Å². The van der Waals surface area contributed by atoms with Gasteiger partial charge in [0, 0.05) is 43.6 Å². The van der Waals surface area contributed by atoms with Crippen molar-refractivity contribution in [3.05, 3.63) is 54.2 Å². The van der Waals surface area contributed by atoms with Gasteiger partial charge in [0.2, 0.25) is 5.95 Å². The fraction of sp³-hybridized carbons (Fsp3) is 0.346. The van der Waals surface area contributed by atoms with Gasteiger partial charge in [-0.2, -0.15) is 0 Å². The van der Waals surface area contributed by atoms with Crippen molar-refractivity contribution in [3.8, 4) is 22.8 Å². The number of nitrogens with one attached hydrogen (secondary N) is 2. The molecule has 2 N–H and O–H groups in total. The van der Waals surface area contributed by atoms with Gasteiger partial charge in [-0.3, -0.25) is 4.79 Å². The summed E-state index contributed by atoms with van der Waals surface area (Å²) in [6, 6.07) is 11.2. The largest absolute Gasteiger partial charge is 0.573 e. The third-order valence-corrected chi connectivity index (χ3v) is 6.26. The summed E-state index contributed by atoms with van der Waals surface area (Å²) in [5, 5.41) is 5.66. The maximum atomic E-state index is 13.1. The Morgan fingerprint density at radius 2 is 1.84 bits per heavy atom. The molecule has 0 bridgehead atoms. The number of halogens is 3. The number of rotatable bonds is 5. The maximum absolute atomic E-state index is 13.1. The van der Waals surface area contributed by atoms with Crippen LogP contribution in [-0.2, 0) is 0 Å². The van der Waals surface area contributed by atoms with E-state index in [9.17, 15) is 18.0 Å². The highest BCUT2D eigenvalue weighted by Crippen LogP contribution is 2.36. The zero-order valence-electron chi connectivity index (χ0n) is 21.1. The van der Waals surface area contributed by atoms with Crippen LogP contribution in [0.15, 0.2) is 48.7 Å². The maximum Gasteiger partial charge on any atom is 0.573 e. The van der Waals surface area contributed by atoms with Crippen molar-refractivity contribution in [1.82, 2.24) is 20.2 Å². The van der Waals surface area contributed by atoms with E-state index in [0.29, 0.717) is 22.6 Å². The minimum Gasteiger partial charge on any atom is -0.468 e. The van der Waals surface area contributed by atoms with Gasteiger partial charge < -0.3 is 29.9 Å². The molecule has 3 aromatic rings. The smallest absolute Gasteiger partial charge is 0.468 e. The molecule has 38 heavy (non-hydrogen) atoms. The summed E-state index contributed by atoms with van der Waals surface area (Å²) in [5.74, 6) is -0.149. The number of ether oxygens (including phenoxy) is 2. The number of piperazine rings is 1. The van der Waals surface area contributed by atoms with Crippen molar-refractivity contribution in [1.29, 1.82) is 0 Å². The first-order chi connectivity index (χ1) is 18.0. The van der Waals surface area contributed by atoms with Gasteiger partial charge in [0.05, 0.1) is 16.9 Å². The second kappa shape index (κ2) is 9.67. The first-order valence-corrected chi connectivity index (χ1v) is 12.1. The molecule has 1 saturated heterocycles. The van der Waals surface area contributed by atoms with Crippen molar-refractivity contribution in [2.24, 2.45) is 0 Å². The van der Waals surface area contributed by atoms with E-state index >= 15 is 0 Å². The van der Waals surface area contributed by atoms with Crippen LogP contribution in [0, 0.1) is 0 Å². The van der Waals surface area contributed by atoms with E-state index in [-0.39, 0.29) is 17.5 Å². The Bertz CT molecular complexity index is 1360. The predicted molar refractivity (Wildman–Crippen MR) is 136 cm³/mol. The molecular formula is C26H27F3N6O3. The highest BCUT2D eigenvalue weighted by Gasteiger charge is 2.33. The molecule has 5 rings (SSSR count). The number of carbonyl (C=O) groups excluding carboxylic acids is 1. The first-order valence-electron chi connectivity index (χ1n) is 12.1. The zero-order valence-corrected chi connectivity index (χ0v) is 21.1. The molecule has 0 aliphatic carbocycles. The number of alkyl halides is 3. The van der Waals surface area contributed by atoms with E-state index in [1.54, 1.807) is 50.2 Å². The Kier molecular flexibility index (Phi) is 6.51. The molecular weight excluding hydrogens is 501 g/mol. The Morgan fingerprint density at radius 3 is 2.58 bits per heavy atom. The number of hydrogen-bond acceptors (Lipinski definition) is 8. The minimum atomic E-state index is -4.87. The summed E-state index contributed by atoms with van der Waals surface area (Å²) >= 11 is 0.